The zero-order chi connectivity index (χ0) is 13.9. The maximum Gasteiger partial charge on any atom is 0.292 e. The number of carbonyl (C=O) groups excluding carboxylic acids is 1. The number of aliphatic hydroxyl groups excluding tert-OH is 1. The summed E-state index contributed by atoms with van der Waals surface area (Å²) in [6.07, 6.45) is -0.792. The fourth-order valence-corrected chi connectivity index (χ4v) is 1.59. The SMILES string of the molecule is CC(O)c1ccc(N(C)CC(N)=O)c([N+](=O)[O-])c1. The van der Waals surface area contributed by atoms with Gasteiger partial charge >= 0.3 is 0 Å². The van der Waals surface area contributed by atoms with Crippen molar-refractivity contribution in [2.75, 3.05) is 18.5 Å². The first kappa shape index (κ1) is 13.9. The van der Waals surface area contributed by atoms with Gasteiger partial charge in [-0.2, -0.15) is 0 Å². The summed E-state index contributed by atoms with van der Waals surface area (Å²) in [7, 11) is 1.54. The Bertz CT molecular complexity index is 473. The van der Waals surface area contributed by atoms with E-state index in [1.54, 1.807) is 6.07 Å². The largest absolute Gasteiger partial charge is 0.389 e. The highest BCUT2D eigenvalue weighted by atomic mass is 16.6. The van der Waals surface area contributed by atoms with Crippen molar-refractivity contribution in [3.63, 3.8) is 0 Å². The lowest BCUT2D eigenvalue weighted by atomic mass is 10.1. The smallest absolute Gasteiger partial charge is 0.292 e. The minimum Gasteiger partial charge on any atom is -0.389 e. The Hall–Kier alpha value is -2.15. The average Bonchev–Trinajstić information content (AvgIpc) is 2.26. The lowest BCUT2D eigenvalue weighted by Gasteiger charge is -2.18. The number of hydrogen-bond acceptors (Lipinski definition) is 5. The minimum atomic E-state index is -0.792. The van der Waals surface area contributed by atoms with Crippen molar-refractivity contribution in [2.45, 2.75) is 13.0 Å². The summed E-state index contributed by atoms with van der Waals surface area (Å²) in [6, 6.07) is 4.35. The van der Waals surface area contributed by atoms with Crippen LogP contribution in [0, 0.1) is 10.1 Å². The van der Waals surface area contributed by atoms with E-state index in [1.165, 1.54) is 31.0 Å². The molecule has 0 saturated heterocycles. The molecule has 1 aromatic rings. The quantitative estimate of drug-likeness (QED) is 0.588. The van der Waals surface area contributed by atoms with E-state index >= 15 is 0 Å². The maximum atomic E-state index is 11.0. The van der Waals surface area contributed by atoms with E-state index in [9.17, 15) is 20.0 Å². The van der Waals surface area contributed by atoms with E-state index in [1.807, 2.05) is 0 Å². The van der Waals surface area contributed by atoms with E-state index in [0.717, 1.165) is 0 Å². The Balaban J connectivity index is 3.19. The summed E-state index contributed by atoms with van der Waals surface area (Å²) < 4.78 is 0. The van der Waals surface area contributed by atoms with Crippen molar-refractivity contribution >= 4 is 17.3 Å². The van der Waals surface area contributed by atoms with E-state index in [2.05, 4.69) is 0 Å². The van der Waals surface area contributed by atoms with Gasteiger partial charge in [-0.05, 0) is 18.6 Å². The van der Waals surface area contributed by atoms with Crippen LogP contribution in [0.4, 0.5) is 11.4 Å². The number of nitro groups is 1. The molecule has 0 bridgehead atoms. The molecule has 1 aromatic carbocycles. The van der Waals surface area contributed by atoms with Gasteiger partial charge in [-0.1, -0.05) is 6.07 Å². The zero-order valence-electron chi connectivity index (χ0n) is 10.2. The van der Waals surface area contributed by atoms with Crippen LogP contribution in [-0.2, 0) is 4.79 Å². The summed E-state index contributed by atoms with van der Waals surface area (Å²) in [5, 5.41) is 20.4. The van der Waals surface area contributed by atoms with Gasteiger partial charge in [-0.15, -0.1) is 0 Å². The lowest BCUT2D eigenvalue weighted by Crippen LogP contribution is -2.30. The van der Waals surface area contributed by atoms with Gasteiger partial charge in [-0.25, -0.2) is 0 Å². The van der Waals surface area contributed by atoms with Crippen LogP contribution in [0.3, 0.4) is 0 Å². The molecule has 0 aliphatic heterocycles. The molecule has 0 aromatic heterocycles. The monoisotopic (exact) mass is 253 g/mol. The van der Waals surface area contributed by atoms with Crippen molar-refractivity contribution in [3.8, 4) is 0 Å². The molecule has 18 heavy (non-hydrogen) atoms. The van der Waals surface area contributed by atoms with Gasteiger partial charge in [0.25, 0.3) is 5.69 Å². The highest BCUT2D eigenvalue weighted by Gasteiger charge is 2.19. The van der Waals surface area contributed by atoms with Crippen molar-refractivity contribution in [1.29, 1.82) is 0 Å². The summed E-state index contributed by atoms with van der Waals surface area (Å²) in [4.78, 5) is 22.6. The van der Waals surface area contributed by atoms with Gasteiger partial charge in [0, 0.05) is 13.1 Å². The van der Waals surface area contributed by atoms with Crippen LogP contribution in [0.15, 0.2) is 18.2 Å². The van der Waals surface area contributed by atoms with Crippen LogP contribution < -0.4 is 10.6 Å². The second-order valence-corrected chi connectivity index (χ2v) is 4.00. The second-order valence-electron chi connectivity index (χ2n) is 4.00. The predicted molar refractivity (Wildman–Crippen MR) is 66.2 cm³/mol. The van der Waals surface area contributed by atoms with E-state index in [4.69, 9.17) is 5.73 Å². The molecule has 1 atom stereocenters. The van der Waals surface area contributed by atoms with Gasteiger partial charge in [0.15, 0.2) is 0 Å². The van der Waals surface area contributed by atoms with E-state index in [0.29, 0.717) is 5.56 Å². The van der Waals surface area contributed by atoms with Gasteiger partial charge < -0.3 is 15.7 Å². The van der Waals surface area contributed by atoms with Gasteiger partial charge in [0.1, 0.15) is 5.69 Å². The summed E-state index contributed by atoms with van der Waals surface area (Å²) >= 11 is 0. The number of rotatable bonds is 5. The van der Waals surface area contributed by atoms with Crippen LogP contribution in [0.1, 0.15) is 18.6 Å². The summed E-state index contributed by atoms with van der Waals surface area (Å²) in [5.74, 6) is -0.577. The Morgan fingerprint density at radius 1 is 1.61 bits per heavy atom. The molecule has 98 valence electrons. The molecule has 1 amide bonds. The topological polar surface area (TPSA) is 110 Å². The summed E-state index contributed by atoms with van der Waals surface area (Å²) in [5.41, 5.74) is 5.60. The number of nitro benzene ring substituents is 1. The number of likely N-dealkylation sites (N-methyl/N-ethyl adjacent to an activating group) is 1. The molecule has 0 fully saturated rings. The molecule has 7 nitrogen and oxygen atoms in total. The Morgan fingerprint density at radius 2 is 2.22 bits per heavy atom. The third kappa shape index (κ3) is 3.17. The first-order chi connectivity index (χ1) is 8.32. The van der Waals surface area contributed by atoms with Crippen molar-refractivity contribution < 1.29 is 14.8 Å². The van der Waals surface area contributed by atoms with Crippen LogP contribution in [0.2, 0.25) is 0 Å². The summed E-state index contributed by atoms with van der Waals surface area (Å²) in [6.45, 7) is 1.40. The van der Waals surface area contributed by atoms with E-state index < -0.39 is 16.9 Å². The number of hydrogen-bond donors (Lipinski definition) is 2. The van der Waals surface area contributed by atoms with Gasteiger partial charge in [-0.3, -0.25) is 14.9 Å². The number of anilines is 1. The molecule has 0 aliphatic carbocycles. The molecule has 0 radical (unpaired) electrons. The number of aliphatic hydroxyl groups is 1. The Morgan fingerprint density at radius 3 is 2.67 bits per heavy atom. The van der Waals surface area contributed by atoms with Crippen molar-refractivity contribution in [1.82, 2.24) is 0 Å². The van der Waals surface area contributed by atoms with Gasteiger partial charge in [0.05, 0.1) is 17.6 Å². The molecule has 0 aliphatic rings. The normalized spacial score (nSPS) is 11.9. The third-order valence-corrected chi connectivity index (χ3v) is 2.48. The highest BCUT2D eigenvalue weighted by Crippen LogP contribution is 2.30. The zero-order valence-corrected chi connectivity index (χ0v) is 10.2. The number of nitrogens with two attached hydrogens (primary N) is 1. The molecular weight excluding hydrogens is 238 g/mol. The molecule has 7 heteroatoms. The molecule has 0 heterocycles. The second kappa shape index (κ2) is 5.46. The number of benzene rings is 1. The minimum absolute atomic E-state index is 0.116. The van der Waals surface area contributed by atoms with Crippen LogP contribution in [-0.4, -0.2) is 29.5 Å². The molecular formula is C11H15N3O4. The number of nitrogens with zero attached hydrogens (tertiary/aromatic N) is 2. The van der Waals surface area contributed by atoms with E-state index in [-0.39, 0.29) is 17.9 Å². The first-order valence-corrected chi connectivity index (χ1v) is 5.28. The predicted octanol–water partition coefficient (Wildman–Crippen LogP) is 0.570. The lowest BCUT2D eigenvalue weighted by molar-refractivity contribution is -0.384. The van der Waals surface area contributed by atoms with Crippen molar-refractivity contribution in [3.05, 3.63) is 33.9 Å². The van der Waals surface area contributed by atoms with Crippen LogP contribution >= 0.6 is 0 Å². The van der Waals surface area contributed by atoms with Crippen molar-refractivity contribution in [2.24, 2.45) is 5.73 Å². The molecule has 3 N–H and O–H groups in total. The maximum absolute atomic E-state index is 11.0. The first-order valence-electron chi connectivity index (χ1n) is 5.28. The number of amides is 1. The molecule has 0 saturated carbocycles. The fourth-order valence-electron chi connectivity index (χ4n) is 1.59. The highest BCUT2D eigenvalue weighted by molar-refractivity contribution is 5.80. The Kier molecular flexibility index (Phi) is 4.22. The molecule has 0 spiro atoms. The third-order valence-electron chi connectivity index (χ3n) is 2.48. The standard InChI is InChI=1S/C11H15N3O4/c1-7(15)8-3-4-9(10(5-8)14(17)18)13(2)6-11(12)16/h3-5,7,15H,6H2,1-2H3,(H2,12,16). The van der Waals surface area contributed by atoms with Crippen LogP contribution in [0.5, 0.6) is 0 Å². The molecule has 1 rings (SSSR count). The van der Waals surface area contributed by atoms with Crippen LogP contribution in [0.25, 0.3) is 0 Å². The molecule has 1 unspecified atom stereocenters. The Labute approximate surface area is 104 Å². The average molecular weight is 253 g/mol. The number of primary amides is 1. The fraction of sp³-hybridized carbons (Fsp3) is 0.364. The van der Waals surface area contributed by atoms with Gasteiger partial charge in [0.2, 0.25) is 5.91 Å². The number of carbonyl (C=O) groups is 1.